The van der Waals surface area contributed by atoms with Crippen LogP contribution in [0.4, 0.5) is 0 Å². The normalized spacial score (nSPS) is 12.4. The van der Waals surface area contributed by atoms with E-state index in [9.17, 15) is 0 Å². The molecule has 94 valence electrons. The molecule has 0 saturated heterocycles. The van der Waals surface area contributed by atoms with Gasteiger partial charge >= 0.3 is 0 Å². The number of nitrogens with two attached hydrogens (primary N) is 1. The van der Waals surface area contributed by atoms with Crippen LogP contribution in [-0.4, -0.2) is 0 Å². The molecule has 18 heavy (non-hydrogen) atoms. The van der Waals surface area contributed by atoms with Crippen molar-refractivity contribution in [2.75, 3.05) is 0 Å². The van der Waals surface area contributed by atoms with Crippen molar-refractivity contribution in [1.29, 1.82) is 0 Å². The van der Waals surface area contributed by atoms with Gasteiger partial charge in [-0.15, -0.1) is 0 Å². The van der Waals surface area contributed by atoms with Gasteiger partial charge in [0.2, 0.25) is 0 Å². The fraction of sp³-hybridized carbons (Fsp3) is 0.250. The van der Waals surface area contributed by atoms with E-state index in [2.05, 4.69) is 50.2 Å². The van der Waals surface area contributed by atoms with Gasteiger partial charge < -0.3 is 5.73 Å². The van der Waals surface area contributed by atoms with Crippen LogP contribution in [0.15, 0.2) is 52.3 Å². The molecular weight excluding hydrogens is 238 g/mol. The first kappa shape index (κ1) is 13.2. The molecule has 0 saturated carbocycles. The predicted molar refractivity (Wildman–Crippen MR) is 79.1 cm³/mol. The highest BCUT2D eigenvalue weighted by Crippen LogP contribution is 2.34. The summed E-state index contributed by atoms with van der Waals surface area (Å²) < 4.78 is 0. The van der Waals surface area contributed by atoms with Gasteiger partial charge in [0.05, 0.1) is 0 Å². The van der Waals surface area contributed by atoms with Crippen LogP contribution < -0.4 is 5.73 Å². The van der Waals surface area contributed by atoms with E-state index < -0.39 is 0 Å². The third kappa shape index (κ3) is 2.95. The van der Waals surface area contributed by atoms with Crippen LogP contribution >= 0.6 is 11.8 Å². The second kappa shape index (κ2) is 5.59. The van der Waals surface area contributed by atoms with E-state index in [-0.39, 0.29) is 6.04 Å². The predicted octanol–water partition coefficient (Wildman–Crippen LogP) is 4.47. The Morgan fingerprint density at radius 2 is 1.72 bits per heavy atom. The summed E-state index contributed by atoms with van der Waals surface area (Å²) in [6.45, 7) is 6.31. The van der Waals surface area contributed by atoms with Crippen LogP contribution in [0, 0.1) is 13.8 Å². The fourth-order valence-electron chi connectivity index (χ4n) is 1.89. The summed E-state index contributed by atoms with van der Waals surface area (Å²) in [5.41, 5.74) is 9.84. The minimum atomic E-state index is 0.0683. The average Bonchev–Trinajstić information content (AvgIpc) is 2.34. The van der Waals surface area contributed by atoms with Crippen LogP contribution in [0.25, 0.3) is 0 Å². The Morgan fingerprint density at radius 1 is 1.00 bits per heavy atom. The average molecular weight is 257 g/mol. The number of benzene rings is 2. The van der Waals surface area contributed by atoms with Gasteiger partial charge in [-0.3, -0.25) is 0 Å². The Hall–Kier alpha value is -1.25. The van der Waals surface area contributed by atoms with Gasteiger partial charge in [0.15, 0.2) is 0 Å². The number of aryl methyl sites for hydroxylation is 2. The van der Waals surface area contributed by atoms with Gasteiger partial charge in [-0.05, 0) is 49.6 Å². The Kier molecular flexibility index (Phi) is 4.10. The molecule has 1 unspecified atom stereocenters. The van der Waals surface area contributed by atoms with E-state index in [1.807, 2.05) is 13.0 Å². The van der Waals surface area contributed by atoms with Crippen molar-refractivity contribution in [1.82, 2.24) is 0 Å². The summed E-state index contributed by atoms with van der Waals surface area (Å²) >= 11 is 1.80. The van der Waals surface area contributed by atoms with Crippen molar-refractivity contribution in [3.05, 3.63) is 59.2 Å². The maximum absolute atomic E-state index is 6.02. The fourth-order valence-corrected chi connectivity index (χ4v) is 3.11. The molecule has 2 aromatic carbocycles. The zero-order valence-electron chi connectivity index (χ0n) is 11.1. The molecule has 0 aliphatic rings. The molecule has 0 fully saturated rings. The van der Waals surface area contributed by atoms with Crippen LogP contribution in [0.1, 0.15) is 29.7 Å². The summed E-state index contributed by atoms with van der Waals surface area (Å²) in [5, 5.41) is 0. The third-order valence-corrected chi connectivity index (χ3v) is 4.22. The first-order valence-corrected chi connectivity index (χ1v) is 6.99. The standard InChI is InChI=1S/C16H19NS/c1-11-8-9-12(2)16(10-11)18-15-7-5-4-6-14(15)13(3)17/h4-10,13H,17H2,1-3H3. The van der Waals surface area contributed by atoms with E-state index in [1.165, 1.54) is 26.5 Å². The molecule has 2 N–H and O–H groups in total. The van der Waals surface area contributed by atoms with Crippen LogP contribution in [0.2, 0.25) is 0 Å². The molecule has 1 atom stereocenters. The molecule has 0 aliphatic carbocycles. The van der Waals surface area contributed by atoms with E-state index in [0.717, 1.165) is 0 Å². The smallest absolute Gasteiger partial charge is 0.0277 e. The topological polar surface area (TPSA) is 26.0 Å². The van der Waals surface area contributed by atoms with Crippen molar-refractivity contribution in [2.24, 2.45) is 5.73 Å². The molecule has 0 bridgehead atoms. The van der Waals surface area contributed by atoms with Crippen LogP contribution in [0.3, 0.4) is 0 Å². The summed E-state index contributed by atoms with van der Waals surface area (Å²) in [5.74, 6) is 0. The minimum Gasteiger partial charge on any atom is -0.324 e. The molecule has 1 nitrogen and oxygen atoms in total. The molecule has 0 amide bonds. The minimum absolute atomic E-state index is 0.0683. The van der Waals surface area contributed by atoms with Crippen molar-refractivity contribution >= 4 is 11.8 Å². The monoisotopic (exact) mass is 257 g/mol. The van der Waals surface area contributed by atoms with E-state index in [1.54, 1.807) is 11.8 Å². The molecule has 0 aliphatic heterocycles. The highest BCUT2D eigenvalue weighted by atomic mass is 32.2. The van der Waals surface area contributed by atoms with Crippen molar-refractivity contribution in [3.8, 4) is 0 Å². The SMILES string of the molecule is Cc1ccc(C)c(Sc2ccccc2C(C)N)c1. The van der Waals surface area contributed by atoms with E-state index in [4.69, 9.17) is 5.73 Å². The van der Waals surface area contributed by atoms with Crippen LogP contribution in [0.5, 0.6) is 0 Å². The Balaban J connectivity index is 2.37. The van der Waals surface area contributed by atoms with Gasteiger partial charge in [0.1, 0.15) is 0 Å². The van der Waals surface area contributed by atoms with Gasteiger partial charge in [-0.1, -0.05) is 42.1 Å². The van der Waals surface area contributed by atoms with Crippen molar-refractivity contribution in [2.45, 2.75) is 36.6 Å². The molecule has 2 aromatic rings. The number of hydrogen-bond donors (Lipinski definition) is 1. The van der Waals surface area contributed by atoms with Gasteiger partial charge in [0, 0.05) is 15.8 Å². The summed E-state index contributed by atoms with van der Waals surface area (Å²) in [6.07, 6.45) is 0. The lowest BCUT2D eigenvalue weighted by Gasteiger charge is -2.13. The highest BCUT2D eigenvalue weighted by Gasteiger charge is 2.08. The third-order valence-electron chi connectivity index (χ3n) is 2.97. The number of rotatable bonds is 3. The summed E-state index contributed by atoms with van der Waals surface area (Å²) in [7, 11) is 0. The lowest BCUT2D eigenvalue weighted by molar-refractivity contribution is 0.797. The Labute approximate surface area is 113 Å². The zero-order valence-corrected chi connectivity index (χ0v) is 11.9. The quantitative estimate of drug-likeness (QED) is 0.877. The second-order valence-electron chi connectivity index (χ2n) is 4.70. The van der Waals surface area contributed by atoms with Gasteiger partial charge in [0.25, 0.3) is 0 Å². The lowest BCUT2D eigenvalue weighted by Crippen LogP contribution is -2.06. The Bertz CT molecular complexity index is 547. The second-order valence-corrected chi connectivity index (χ2v) is 5.78. The van der Waals surface area contributed by atoms with Crippen molar-refractivity contribution in [3.63, 3.8) is 0 Å². The maximum Gasteiger partial charge on any atom is 0.0277 e. The molecule has 0 heterocycles. The largest absolute Gasteiger partial charge is 0.324 e. The first-order chi connectivity index (χ1) is 8.58. The molecule has 2 heteroatoms. The van der Waals surface area contributed by atoms with E-state index in [0.29, 0.717) is 0 Å². The Morgan fingerprint density at radius 3 is 2.44 bits per heavy atom. The van der Waals surface area contributed by atoms with E-state index >= 15 is 0 Å². The molecule has 2 rings (SSSR count). The van der Waals surface area contributed by atoms with Gasteiger partial charge in [-0.2, -0.15) is 0 Å². The zero-order chi connectivity index (χ0) is 13.1. The van der Waals surface area contributed by atoms with Crippen LogP contribution in [-0.2, 0) is 0 Å². The highest BCUT2D eigenvalue weighted by molar-refractivity contribution is 7.99. The maximum atomic E-state index is 6.02. The van der Waals surface area contributed by atoms with Gasteiger partial charge in [-0.25, -0.2) is 0 Å². The first-order valence-electron chi connectivity index (χ1n) is 6.17. The van der Waals surface area contributed by atoms with Crippen molar-refractivity contribution < 1.29 is 0 Å². The lowest BCUT2D eigenvalue weighted by atomic mass is 10.1. The molecular formula is C16H19NS. The molecule has 0 spiro atoms. The molecule has 0 radical (unpaired) electrons. The molecule has 0 aromatic heterocycles. The summed E-state index contributed by atoms with van der Waals surface area (Å²) in [6, 6.07) is 15.0. The number of hydrogen-bond acceptors (Lipinski definition) is 2. The summed E-state index contributed by atoms with van der Waals surface area (Å²) in [4.78, 5) is 2.56.